The van der Waals surface area contributed by atoms with Gasteiger partial charge in [-0.1, -0.05) is 24.3 Å². The van der Waals surface area contributed by atoms with E-state index in [0.717, 1.165) is 12.4 Å². The molecule has 0 N–H and O–H groups in total. The summed E-state index contributed by atoms with van der Waals surface area (Å²) in [4.78, 5) is 0. The number of allylic oxidation sites excluding steroid dienone is 4. The van der Waals surface area contributed by atoms with Crippen molar-refractivity contribution >= 4 is 11.8 Å². The monoisotopic (exact) mass is 180 g/mol. The molecule has 0 aromatic rings. The minimum absolute atomic E-state index is 0.733. The average molecular weight is 180 g/mol. The highest BCUT2D eigenvalue weighted by atomic mass is 32.2. The molecule has 0 aromatic heterocycles. The van der Waals surface area contributed by atoms with Crippen LogP contribution in [0.25, 0.3) is 0 Å². The van der Waals surface area contributed by atoms with Crippen molar-refractivity contribution in [2.45, 2.75) is 0 Å². The zero-order valence-corrected chi connectivity index (χ0v) is 7.67. The molecule has 2 aliphatic heterocycles. The van der Waals surface area contributed by atoms with Gasteiger partial charge in [0.2, 0.25) is 0 Å². The van der Waals surface area contributed by atoms with Gasteiger partial charge in [0.1, 0.15) is 6.61 Å². The van der Waals surface area contributed by atoms with Crippen LogP contribution in [0.4, 0.5) is 0 Å². The van der Waals surface area contributed by atoms with Gasteiger partial charge >= 0.3 is 0 Å². The van der Waals surface area contributed by atoms with Crippen LogP contribution < -0.4 is 0 Å². The van der Waals surface area contributed by atoms with E-state index in [4.69, 9.17) is 4.74 Å². The summed E-state index contributed by atoms with van der Waals surface area (Å²) >= 11 is 1.83. The summed E-state index contributed by atoms with van der Waals surface area (Å²) in [5.74, 6) is 1.15. The minimum Gasteiger partial charge on any atom is -0.497 e. The van der Waals surface area contributed by atoms with Crippen molar-refractivity contribution in [2.24, 2.45) is 0 Å². The van der Waals surface area contributed by atoms with Crippen LogP contribution in [0.2, 0.25) is 0 Å². The van der Waals surface area contributed by atoms with Gasteiger partial charge < -0.3 is 4.74 Å². The highest BCUT2D eigenvalue weighted by Crippen LogP contribution is 2.05. The summed E-state index contributed by atoms with van der Waals surface area (Å²) in [6, 6.07) is 0. The highest BCUT2D eigenvalue weighted by Gasteiger charge is 1.77. The first-order valence-electron chi connectivity index (χ1n) is 3.87. The number of hydrogen-bond donors (Lipinski definition) is 0. The van der Waals surface area contributed by atoms with E-state index < -0.39 is 0 Å². The zero-order valence-electron chi connectivity index (χ0n) is 6.85. The Hall–Kier alpha value is -0.890. The molecule has 64 valence electrons. The number of thioether (sulfide) groups is 1. The molecule has 12 heavy (non-hydrogen) atoms. The lowest BCUT2D eigenvalue weighted by Crippen LogP contribution is -1.82. The summed E-state index contributed by atoms with van der Waals surface area (Å²) in [6.07, 6.45) is 13.7. The predicted octanol–water partition coefficient (Wildman–Crippen LogP) is 2.89. The van der Waals surface area contributed by atoms with Gasteiger partial charge in [-0.15, -0.1) is 11.8 Å². The molecule has 0 aromatic carbocycles. The van der Waals surface area contributed by atoms with Gasteiger partial charge in [-0.05, 0) is 17.6 Å². The highest BCUT2D eigenvalue weighted by molar-refractivity contribution is 8.02. The molecule has 0 saturated carbocycles. The molecule has 0 amide bonds. The van der Waals surface area contributed by atoms with E-state index in [9.17, 15) is 0 Å². The summed E-state index contributed by atoms with van der Waals surface area (Å²) < 4.78 is 4.80. The minimum atomic E-state index is 0.733. The van der Waals surface area contributed by atoms with Crippen LogP contribution in [-0.4, -0.2) is 12.4 Å². The quantitative estimate of drug-likeness (QED) is 0.567. The standard InChI is InChI=1S/C5H6O.C5H6S/c2*1-2-4-6-5-3-1/h2*1-4H,5H2. The zero-order chi connectivity index (χ0) is 8.49. The fraction of sp³-hybridized carbons (Fsp3) is 0.200. The molecule has 2 heterocycles. The van der Waals surface area contributed by atoms with Gasteiger partial charge in [0, 0.05) is 5.75 Å². The Morgan fingerprint density at radius 2 is 1.92 bits per heavy atom. The molecule has 2 aliphatic rings. The van der Waals surface area contributed by atoms with Crippen LogP contribution in [0.3, 0.4) is 0 Å². The van der Waals surface area contributed by atoms with E-state index in [1.165, 1.54) is 0 Å². The summed E-state index contributed by atoms with van der Waals surface area (Å²) in [5, 5.41) is 2.10. The van der Waals surface area contributed by atoms with Crippen LogP contribution >= 0.6 is 11.8 Å². The SMILES string of the molecule is C1=CCOC=C1.C1=CCSC=C1. The van der Waals surface area contributed by atoms with Crippen molar-refractivity contribution in [1.29, 1.82) is 0 Å². The van der Waals surface area contributed by atoms with Gasteiger partial charge in [0.15, 0.2) is 0 Å². The average Bonchev–Trinajstić information content (AvgIpc) is 2.24. The van der Waals surface area contributed by atoms with E-state index in [1.807, 2.05) is 36.1 Å². The van der Waals surface area contributed by atoms with Crippen molar-refractivity contribution in [1.82, 2.24) is 0 Å². The van der Waals surface area contributed by atoms with E-state index in [2.05, 4.69) is 17.6 Å². The van der Waals surface area contributed by atoms with Crippen molar-refractivity contribution in [3.63, 3.8) is 0 Å². The Labute approximate surface area is 77.5 Å². The van der Waals surface area contributed by atoms with E-state index in [1.54, 1.807) is 6.26 Å². The van der Waals surface area contributed by atoms with E-state index in [-0.39, 0.29) is 0 Å². The second-order valence-corrected chi connectivity index (χ2v) is 3.12. The molecule has 0 spiro atoms. The smallest absolute Gasteiger partial charge is 0.106 e. The van der Waals surface area contributed by atoms with Crippen molar-refractivity contribution in [3.05, 3.63) is 48.1 Å². The van der Waals surface area contributed by atoms with Gasteiger partial charge in [0.25, 0.3) is 0 Å². The van der Waals surface area contributed by atoms with Gasteiger partial charge in [-0.3, -0.25) is 0 Å². The first-order chi connectivity index (χ1) is 6.00. The molecular formula is C10H12OS. The third kappa shape index (κ3) is 4.85. The fourth-order valence-corrected chi connectivity index (χ4v) is 1.23. The number of ether oxygens (including phenoxy) is 1. The first-order valence-corrected chi connectivity index (χ1v) is 4.91. The molecule has 0 atom stereocenters. The maximum atomic E-state index is 4.80. The van der Waals surface area contributed by atoms with Crippen LogP contribution in [0, 0.1) is 0 Å². The second-order valence-electron chi connectivity index (χ2n) is 2.18. The first kappa shape index (κ1) is 9.20. The molecule has 2 rings (SSSR count). The topological polar surface area (TPSA) is 9.23 Å². The second kappa shape index (κ2) is 6.80. The Morgan fingerprint density at radius 3 is 2.08 bits per heavy atom. The largest absolute Gasteiger partial charge is 0.497 e. The number of hydrogen-bond acceptors (Lipinski definition) is 2. The van der Waals surface area contributed by atoms with Gasteiger partial charge in [0.05, 0.1) is 6.26 Å². The van der Waals surface area contributed by atoms with Crippen LogP contribution in [0.15, 0.2) is 48.1 Å². The normalized spacial score (nSPS) is 18.0. The predicted molar refractivity (Wildman–Crippen MR) is 55.0 cm³/mol. The van der Waals surface area contributed by atoms with E-state index in [0.29, 0.717) is 0 Å². The maximum Gasteiger partial charge on any atom is 0.106 e. The molecule has 1 nitrogen and oxygen atoms in total. The molecule has 0 fully saturated rings. The molecule has 0 bridgehead atoms. The van der Waals surface area contributed by atoms with Crippen molar-refractivity contribution in [3.8, 4) is 0 Å². The van der Waals surface area contributed by atoms with Crippen molar-refractivity contribution < 1.29 is 4.74 Å². The molecule has 0 saturated heterocycles. The third-order valence-corrected chi connectivity index (χ3v) is 1.96. The lowest BCUT2D eigenvalue weighted by Gasteiger charge is -1.94. The summed E-state index contributed by atoms with van der Waals surface area (Å²) in [5.41, 5.74) is 0. The lowest BCUT2D eigenvalue weighted by molar-refractivity contribution is 0.286. The van der Waals surface area contributed by atoms with Crippen LogP contribution in [-0.2, 0) is 4.74 Å². The fourth-order valence-electron chi connectivity index (χ4n) is 0.692. The Kier molecular flexibility index (Phi) is 5.21. The maximum absolute atomic E-state index is 4.80. The Morgan fingerprint density at radius 1 is 1.00 bits per heavy atom. The van der Waals surface area contributed by atoms with Gasteiger partial charge in [-0.25, -0.2) is 0 Å². The lowest BCUT2D eigenvalue weighted by atomic mass is 10.5. The molecule has 0 unspecified atom stereocenters. The molecular weight excluding hydrogens is 168 g/mol. The van der Waals surface area contributed by atoms with E-state index >= 15 is 0 Å². The van der Waals surface area contributed by atoms with Gasteiger partial charge in [-0.2, -0.15) is 0 Å². The summed E-state index contributed by atoms with van der Waals surface area (Å²) in [7, 11) is 0. The Bertz CT molecular complexity index is 166. The van der Waals surface area contributed by atoms with Crippen LogP contribution in [0.1, 0.15) is 0 Å². The number of rotatable bonds is 0. The Balaban J connectivity index is 0.000000120. The molecule has 0 aliphatic carbocycles. The summed E-state index contributed by atoms with van der Waals surface area (Å²) in [6.45, 7) is 0.733. The molecule has 0 radical (unpaired) electrons. The third-order valence-electron chi connectivity index (χ3n) is 1.23. The molecule has 2 heteroatoms. The van der Waals surface area contributed by atoms with Crippen molar-refractivity contribution in [2.75, 3.05) is 12.4 Å². The van der Waals surface area contributed by atoms with Crippen LogP contribution in [0.5, 0.6) is 0 Å².